The van der Waals surface area contributed by atoms with Crippen LogP contribution in [0.5, 0.6) is 11.5 Å². The van der Waals surface area contributed by atoms with E-state index in [1.165, 1.54) is 0 Å². The minimum absolute atomic E-state index is 0.0705. The maximum atomic E-state index is 12.5. The molecule has 1 amide bonds. The molecule has 0 aliphatic rings. The molecule has 0 radical (unpaired) electrons. The Bertz CT molecular complexity index is 933. The van der Waals surface area contributed by atoms with Crippen molar-refractivity contribution in [1.82, 2.24) is 10.3 Å². The van der Waals surface area contributed by atoms with Crippen molar-refractivity contribution in [3.63, 3.8) is 0 Å². The molecule has 2 aromatic carbocycles. The molecule has 1 heterocycles. The first-order valence-corrected chi connectivity index (χ1v) is 8.53. The van der Waals surface area contributed by atoms with Crippen molar-refractivity contribution < 1.29 is 18.9 Å². The predicted molar refractivity (Wildman–Crippen MR) is 101 cm³/mol. The van der Waals surface area contributed by atoms with E-state index in [4.69, 9.17) is 14.1 Å². The van der Waals surface area contributed by atoms with Gasteiger partial charge in [-0.1, -0.05) is 0 Å². The highest BCUT2D eigenvalue weighted by atomic mass is 16.6. The van der Waals surface area contributed by atoms with Crippen LogP contribution in [0.2, 0.25) is 0 Å². The van der Waals surface area contributed by atoms with E-state index in [-0.39, 0.29) is 17.8 Å². The molecule has 1 N–H and O–H groups in total. The average Bonchev–Trinajstić information content (AvgIpc) is 3.09. The number of aromatic nitrogens is 2. The van der Waals surface area contributed by atoms with Crippen molar-refractivity contribution in [3.05, 3.63) is 53.6 Å². The van der Waals surface area contributed by atoms with Crippen LogP contribution in [-0.4, -0.2) is 29.4 Å². The van der Waals surface area contributed by atoms with Crippen LogP contribution in [0.3, 0.4) is 0 Å². The Balaban J connectivity index is 1.79. The summed E-state index contributed by atoms with van der Waals surface area (Å²) < 4.78 is 15.6. The highest BCUT2D eigenvalue weighted by Crippen LogP contribution is 2.30. The van der Waals surface area contributed by atoms with E-state index >= 15 is 0 Å². The van der Waals surface area contributed by atoms with Gasteiger partial charge in [0, 0.05) is 11.1 Å². The maximum absolute atomic E-state index is 12.5. The van der Waals surface area contributed by atoms with Crippen LogP contribution in [0, 0.1) is 6.92 Å². The number of carbonyl (C=O) groups excluding carboxylic acids is 1. The van der Waals surface area contributed by atoms with Crippen LogP contribution in [0.15, 0.2) is 47.1 Å². The molecule has 0 bridgehead atoms. The number of carbonyl (C=O) groups is 1. The van der Waals surface area contributed by atoms with Gasteiger partial charge in [0.15, 0.2) is 5.69 Å². The quantitative estimate of drug-likeness (QED) is 0.706. The van der Waals surface area contributed by atoms with Gasteiger partial charge in [0.1, 0.15) is 11.5 Å². The summed E-state index contributed by atoms with van der Waals surface area (Å²) in [6.45, 7) is 5.81. The topological polar surface area (TPSA) is 86.5 Å². The molecule has 0 saturated heterocycles. The van der Waals surface area contributed by atoms with Gasteiger partial charge in [-0.15, -0.1) is 0 Å². The van der Waals surface area contributed by atoms with E-state index in [0.717, 1.165) is 16.9 Å². The Morgan fingerprint density at radius 1 is 1.07 bits per heavy atom. The van der Waals surface area contributed by atoms with E-state index in [2.05, 4.69) is 15.6 Å². The summed E-state index contributed by atoms with van der Waals surface area (Å²) in [5.41, 5.74) is 2.67. The zero-order valence-corrected chi connectivity index (χ0v) is 15.6. The number of rotatable bonds is 6. The Morgan fingerprint density at radius 2 is 1.78 bits per heavy atom. The average molecular weight is 367 g/mol. The summed E-state index contributed by atoms with van der Waals surface area (Å²) in [7, 11) is 1.61. The molecule has 140 valence electrons. The summed E-state index contributed by atoms with van der Waals surface area (Å²) in [4.78, 5) is 12.5. The highest BCUT2D eigenvalue weighted by Gasteiger charge is 2.18. The summed E-state index contributed by atoms with van der Waals surface area (Å²) in [5.74, 6) is 1.39. The Labute approximate surface area is 157 Å². The molecule has 0 atom stereocenters. The molecule has 0 aliphatic heterocycles. The van der Waals surface area contributed by atoms with E-state index in [9.17, 15) is 4.79 Å². The lowest BCUT2D eigenvalue weighted by Gasteiger charge is -2.10. The molecule has 1 aromatic heterocycles. The minimum Gasteiger partial charge on any atom is -0.497 e. The first-order valence-electron chi connectivity index (χ1n) is 8.53. The van der Waals surface area contributed by atoms with Crippen LogP contribution >= 0.6 is 0 Å². The first-order chi connectivity index (χ1) is 13.0. The van der Waals surface area contributed by atoms with E-state index in [1.54, 1.807) is 31.4 Å². The zero-order valence-electron chi connectivity index (χ0n) is 15.6. The van der Waals surface area contributed by atoms with Gasteiger partial charge in [-0.2, -0.15) is 0 Å². The third-order valence-corrected chi connectivity index (χ3v) is 3.90. The number of nitrogens with one attached hydrogen (secondary N) is 1. The summed E-state index contributed by atoms with van der Waals surface area (Å²) in [5, 5.41) is 10.5. The lowest BCUT2D eigenvalue weighted by atomic mass is 10.1. The second-order valence-electron chi connectivity index (χ2n) is 6.29. The Kier molecular flexibility index (Phi) is 5.40. The van der Waals surface area contributed by atoms with Gasteiger partial charge < -0.3 is 14.8 Å². The number of ether oxygens (including phenoxy) is 2. The fourth-order valence-electron chi connectivity index (χ4n) is 2.61. The second kappa shape index (κ2) is 7.90. The minimum atomic E-state index is -0.311. The van der Waals surface area contributed by atoms with Crippen molar-refractivity contribution in [2.75, 3.05) is 12.4 Å². The van der Waals surface area contributed by atoms with Crippen LogP contribution in [-0.2, 0) is 0 Å². The zero-order chi connectivity index (χ0) is 19.4. The van der Waals surface area contributed by atoms with Crippen molar-refractivity contribution >= 4 is 11.7 Å². The number of nitrogens with zero attached hydrogens (tertiary/aromatic N) is 2. The second-order valence-corrected chi connectivity index (χ2v) is 6.29. The van der Waals surface area contributed by atoms with Crippen molar-refractivity contribution in [3.8, 4) is 22.8 Å². The SMILES string of the molecule is COc1ccc(-c2nonc2NC(=O)c2ccc(OC(C)C)cc2)c(C)c1. The maximum Gasteiger partial charge on any atom is 0.256 e. The van der Waals surface area contributed by atoms with E-state index < -0.39 is 0 Å². The van der Waals surface area contributed by atoms with Crippen molar-refractivity contribution in [2.24, 2.45) is 0 Å². The molecule has 7 nitrogen and oxygen atoms in total. The van der Waals surface area contributed by atoms with Crippen molar-refractivity contribution in [2.45, 2.75) is 26.9 Å². The van der Waals surface area contributed by atoms with Crippen molar-refractivity contribution in [1.29, 1.82) is 0 Å². The van der Waals surface area contributed by atoms with Crippen LogP contribution in [0.4, 0.5) is 5.82 Å². The smallest absolute Gasteiger partial charge is 0.256 e. The van der Waals surface area contributed by atoms with Gasteiger partial charge in [-0.25, -0.2) is 4.63 Å². The fourth-order valence-corrected chi connectivity index (χ4v) is 2.61. The summed E-state index contributed by atoms with van der Waals surface area (Å²) >= 11 is 0. The number of anilines is 1. The summed E-state index contributed by atoms with van der Waals surface area (Å²) in [6, 6.07) is 12.4. The normalized spacial score (nSPS) is 10.7. The van der Waals surface area contributed by atoms with Gasteiger partial charge in [-0.05, 0) is 79.1 Å². The first kappa shape index (κ1) is 18.4. The van der Waals surface area contributed by atoms with Gasteiger partial charge in [0.2, 0.25) is 5.82 Å². The van der Waals surface area contributed by atoms with Crippen LogP contribution in [0.25, 0.3) is 11.3 Å². The number of benzene rings is 2. The molecular formula is C20H21N3O4. The number of aryl methyl sites for hydroxylation is 1. The Hall–Kier alpha value is -3.35. The molecule has 0 unspecified atom stereocenters. The molecule has 3 aromatic rings. The van der Waals surface area contributed by atoms with Gasteiger partial charge in [0.05, 0.1) is 13.2 Å². The third kappa shape index (κ3) is 4.25. The molecule has 0 aliphatic carbocycles. The highest BCUT2D eigenvalue weighted by molar-refractivity contribution is 6.05. The monoisotopic (exact) mass is 367 g/mol. The molecule has 0 saturated carbocycles. The van der Waals surface area contributed by atoms with E-state index in [1.807, 2.05) is 39.0 Å². The van der Waals surface area contributed by atoms with Crippen LogP contribution in [0.1, 0.15) is 29.8 Å². The number of methoxy groups -OCH3 is 1. The van der Waals surface area contributed by atoms with Gasteiger partial charge >= 0.3 is 0 Å². The molecule has 0 fully saturated rings. The van der Waals surface area contributed by atoms with Gasteiger partial charge in [0.25, 0.3) is 5.91 Å². The lowest BCUT2D eigenvalue weighted by Crippen LogP contribution is -2.13. The molecule has 7 heteroatoms. The summed E-state index contributed by atoms with van der Waals surface area (Å²) in [6.07, 6.45) is 0.0705. The molecule has 3 rings (SSSR count). The van der Waals surface area contributed by atoms with Gasteiger partial charge in [-0.3, -0.25) is 4.79 Å². The third-order valence-electron chi connectivity index (χ3n) is 3.90. The fraction of sp³-hybridized carbons (Fsp3) is 0.250. The predicted octanol–water partition coefficient (Wildman–Crippen LogP) is 4.09. The molecule has 0 spiro atoms. The number of amides is 1. The number of hydrogen-bond donors (Lipinski definition) is 1. The Morgan fingerprint density at radius 3 is 2.41 bits per heavy atom. The van der Waals surface area contributed by atoms with Crippen LogP contribution < -0.4 is 14.8 Å². The number of hydrogen-bond acceptors (Lipinski definition) is 6. The molecular weight excluding hydrogens is 346 g/mol. The lowest BCUT2D eigenvalue weighted by molar-refractivity contribution is 0.102. The molecule has 27 heavy (non-hydrogen) atoms. The standard InChI is InChI=1S/C20H21N3O4/c1-12(2)26-15-7-5-14(6-8-15)20(24)21-19-18(22-27-23-19)17-10-9-16(25-4)11-13(17)3/h5-12H,1-4H3,(H,21,23,24). The largest absolute Gasteiger partial charge is 0.497 e. The van der Waals surface area contributed by atoms with E-state index in [0.29, 0.717) is 17.0 Å².